The Morgan fingerprint density at radius 1 is 1.56 bits per heavy atom. The van der Waals surface area contributed by atoms with Crippen molar-refractivity contribution in [2.75, 3.05) is 0 Å². The van der Waals surface area contributed by atoms with Gasteiger partial charge in [-0.25, -0.2) is 5.84 Å². The van der Waals surface area contributed by atoms with Crippen molar-refractivity contribution < 1.29 is 13.9 Å². The molecule has 0 aromatic carbocycles. The second-order valence-corrected chi connectivity index (χ2v) is 3.70. The lowest BCUT2D eigenvalue weighted by Gasteiger charge is -2.03. The van der Waals surface area contributed by atoms with Gasteiger partial charge in [0.2, 0.25) is 0 Å². The number of pyridine rings is 1. The molecule has 0 aliphatic rings. The molecule has 2 rings (SSSR count). The lowest BCUT2D eigenvalue weighted by Crippen LogP contribution is -2.29. The van der Waals surface area contributed by atoms with Gasteiger partial charge in [-0.15, -0.1) is 0 Å². The largest absolute Gasteiger partial charge is 0.484 e. The topological polar surface area (TPSA) is 90.4 Å². The number of nitrogens with one attached hydrogen (secondary N) is 1. The van der Waals surface area contributed by atoms with Gasteiger partial charge < -0.3 is 9.15 Å². The van der Waals surface area contributed by atoms with Crippen molar-refractivity contribution in [1.29, 1.82) is 0 Å². The zero-order chi connectivity index (χ0) is 13.0. The third kappa shape index (κ3) is 2.86. The van der Waals surface area contributed by atoms with Gasteiger partial charge in [0.15, 0.2) is 0 Å². The molecule has 0 saturated heterocycles. The van der Waals surface area contributed by atoms with Crippen molar-refractivity contribution in [3.63, 3.8) is 0 Å². The predicted octanol–water partition coefficient (Wildman–Crippen LogP) is 1.17. The molecule has 0 atom stereocenters. The maximum Gasteiger partial charge on any atom is 0.268 e. The molecular weight excluding hydrogens is 234 g/mol. The highest BCUT2D eigenvalue weighted by Crippen LogP contribution is 2.13. The Morgan fingerprint density at radius 2 is 2.39 bits per heavy atom. The minimum Gasteiger partial charge on any atom is -0.484 e. The maximum atomic E-state index is 11.2. The number of carbonyl (C=O) groups excluding carboxylic acids is 1. The molecule has 3 N–H and O–H groups in total. The number of carbonyl (C=O) groups is 1. The SMILES string of the molecule is Cc1ccc(OCc2cc(C(=O)NN)co2)cn1. The van der Waals surface area contributed by atoms with Gasteiger partial charge in [0.05, 0.1) is 11.8 Å². The highest BCUT2D eigenvalue weighted by atomic mass is 16.5. The van der Waals surface area contributed by atoms with E-state index in [4.69, 9.17) is 15.0 Å². The average molecular weight is 247 g/mol. The van der Waals surface area contributed by atoms with Gasteiger partial charge in [-0.2, -0.15) is 0 Å². The fourth-order valence-electron chi connectivity index (χ4n) is 1.35. The second-order valence-electron chi connectivity index (χ2n) is 3.70. The van der Waals surface area contributed by atoms with Crippen LogP contribution in [-0.4, -0.2) is 10.9 Å². The Bertz CT molecular complexity index is 534. The van der Waals surface area contributed by atoms with Gasteiger partial charge in [0.25, 0.3) is 5.91 Å². The van der Waals surface area contributed by atoms with Crippen LogP contribution < -0.4 is 16.0 Å². The van der Waals surface area contributed by atoms with E-state index in [0.717, 1.165) is 5.69 Å². The van der Waals surface area contributed by atoms with Gasteiger partial charge in [0, 0.05) is 5.69 Å². The molecule has 0 bridgehead atoms. The molecule has 0 saturated carbocycles. The van der Waals surface area contributed by atoms with Crippen molar-refractivity contribution in [2.24, 2.45) is 5.84 Å². The van der Waals surface area contributed by atoms with Crippen LogP contribution in [0.4, 0.5) is 0 Å². The smallest absolute Gasteiger partial charge is 0.268 e. The number of hydrazine groups is 1. The van der Waals surface area contributed by atoms with E-state index >= 15 is 0 Å². The van der Waals surface area contributed by atoms with Gasteiger partial charge in [-0.1, -0.05) is 0 Å². The van der Waals surface area contributed by atoms with Crippen LogP contribution in [0, 0.1) is 6.92 Å². The van der Waals surface area contributed by atoms with E-state index in [1.807, 2.05) is 24.5 Å². The van der Waals surface area contributed by atoms with Crippen LogP contribution in [0.3, 0.4) is 0 Å². The molecule has 0 spiro atoms. The molecule has 0 aliphatic heterocycles. The van der Waals surface area contributed by atoms with Gasteiger partial charge in [-0.3, -0.25) is 15.2 Å². The van der Waals surface area contributed by atoms with Gasteiger partial charge in [-0.05, 0) is 25.1 Å². The number of aromatic nitrogens is 1. The van der Waals surface area contributed by atoms with Crippen molar-refractivity contribution in [3.05, 3.63) is 47.7 Å². The number of aryl methyl sites for hydroxylation is 1. The zero-order valence-electron chi connectivity index (χ0n) is 9.84. The fraction of sp³-hybridized carbons (Fsp3) is 0.167. The summed E-state index contributed by atoms with van der Waals surface area (Å²) in [5.74, 6) is 5.79. The quantitative estimate of drug-likeness (QED) is 0.480. The normalized spacial score (nSPS) is 10.1. The Labute approximate surface area is 104 Å². The van der Waals surface area contributed by atoms with Crippen LogP contribution in [0.15, 0.2) is 35.1 Å². The van der Waals surface area contributed by atoms with E-state index in [9.17, 15) is 4.79 Å². The molecule has 18 heavy (non-hydrogen) atoms. The summed E-state index contributed by atoms with van der Waals surface area (Å²) in [4.78, 5) is 15.3. The van der Waals surface area contributed by atoms with Crippen LogP contribution in [0.1, 0.15) is 21.8 Å². The third-order valence-electron chi connectivity index (χ3n) is 2.31. The van der Waals surface area contributed by atoms with Crippen LogP contribution in [0.5, 0.6) is 5.75 Å². The molecule has 2 aromatic rings. The Morgan fingerprint density at radius 3 is 3.06 bits per heavy atom. The second kappa shape index (κ2) is 5.33. The number of ether oxygens (including phenoxy) is 1. The summed E-state index contributed by atoms with van der Waals surface area (Å²) in [7, 11) is 0. The van der Waals surface area contributed by atoms with Gasteiger partial charge in [0.1, 0.15) is 24.4 Å². The van der Waals surface area contributed by atoms with E-state index in [0.29, 0.717) is 17.1 Å². The van der Waals surface area contributed by atoms with E-state index in [1.165, 1.54) is 6.26 Å². The number of hydrogen-bond donors (Lipinski definition) is 2. The lowest BCUT2D eigenvalue weighted by molar-refractivity contribution is 0.0953. The van der Waals surface area contributed by atoms with E-state index in [2.05, 4.69) is 4.98 Å². The summed E-state index contributed by atoms with van der Waals surface area (Å²) in [5, 5.41) is 0. The molecule has 1 amide bonds. The van der Waals surface area contributed by atoms with Gasteiger partial charge >= 0.3 is 0 Å². The molecule has 2 aromatic heterocycles. The highest BCUT2D eigenvalue weighted by molar-refractivity contribution is 5.93. The fourth-order valence-corrected chi connectivity index (χ4v) is 1.35. The number of rotatable bonds is 4. The monoisotopic (exact) mass is 247 g/mol. The summed E-state index contributed by atoms with van der Waals surface area (Å²) < 4.78 is 10.6. The molecule has 6 heteroatoms. The van der Waals surface area contributed by atoms with Crippen molar-refractivity contribution in [3.8, 4) is 5.75 Å². The van der Waals surface area contributed by atoms with E-state index < -0.39 is 5.91 Å². The van der Waals surface area contributed by atoms with E-state index in [1.54, 1.807) is 12.3 Å². The summed E-state index contributed by atoms with van der Waals surface area (Å²) in [6, 6.07) is 5.24. The highest BCUT2D eigenvalue weighted by Gasteiger charge is 2.09. The molecule has 0 unspecified atom stereocenters. The molecule has 2 heterocycles. The first kappa shape index (κ1) is 12.1. The zero-order valence-corrected chi connectivity index (χ0v) is 9.84. The number of nitrogen functional groups attached to an aromatic ring is 1. The van der Waals surface area contributed by atoms with Crippen LogP contribution in [-0.2, 0) is 6.61 Å². The molecule has 94 valence electrons. The van der Waals surface area contributed by atoms with Crippen LogP contribution in [0.2, 0.25) is 0 Å². The minimum absolute atomic E-state index is 0.225. The minimum atomic E-state index is -0.401. The number of hydrogen-bond acceptors (Lipinski definition) is 5. The third-order valence-corrected chi connectivity index (χ3v) is 2.31. The van der Waals surface area contributed by atoms with Crippen LogP contribution >= 0.6 is 0 Å². The Balaban J connectivity index is 1.96. The van der Waals surface area contributed by atoms with Crippen molar-refractivity contribution in [1.82, 2.24) is 10.4 Å². The first-order valence-electron chi connectivity index (χ1n) is 5.33. The predicted molar refractivity (Wildman–Crippen MR) is 63.7 cm³/mol. The number of nitrogens with zero attached hydrogens (tertiary/aromatic N) is 1. The average Bonchev–Trinajstić information content (AvgIpc) is 2.86. The first-order valence-corrected chi connectivity index (χ1v) is 5.33. The lowest BCUT2D eigenvalue weighted by atomic mass is 10.3. The molecule has 6 nitrogen and oxygen atoms in total. The number of furan rings is 1. The summed E-state index contributed by atoms with van der Waals surface area (Å²) in [6.07, 6.45) is 2.96. The Hall–Kier alpha value is -2.34. The summed E-state index contributed by atoms with van der Waals surface area (Å²) in [5.41, 5.74) is 3.30. The molecule has 0 aliphatic carbocycles. The molecule has 0 fully saturated rings. The summed E-state index contributed by atoms with van der Waals surface area (Å²) >= 11 is 0. The summed E-state index contributed by atoms with van der Waals surface area (Å²) in [6.45, 7) is 2.12. The number of nitrogens with two attached hydrogens (primary N) is 1. The first-order chi connectivity index (χ1) is 8.69. The van der Waals surface area contributed by atoms with Crippen molar-refractivity contribution >= 4 is 5.91 Å². The van der Waals surface area contributed by atoms with Crippen molar-refractivity contribution in [2.45, 2.75) is 13.5 Å². The Kier molecular flexibility index (Phi) is 3.59. The van der Waals surface area contributed by atoms with E-state index in [-0.39, 0.29) is 6.61 Å². The molecule has 0 radical (unpaired) electrons. The molecular formula is C12H13N3O3. The van der Waals surface area contributed by atoms with Crippen LogP contribution in [0.25, 0.3) is 0 Å². The maximum absolute atomic E-state index is 11.2. The standard InChI is InChI=1S/C12H13N3O3/c1-8-2-3-10(5-14-8)18-7-11-4-9(6-17-11)12(16)15-13/h2-6H,7,13H2,1H3,(H,15,16). The number of amides is 1.